The molecule has 0 aliphatic carbocycles. The van der Waals surface area contributed by atoms with Gasteiger partial charge in [-0.2, -0.15) is 0 Å². The minimum Gasteiger partial charge on any atom is -0.453 e. The molecule has 4 aromatic rings. The number of thiazole rings is 1. The van der Waals surface area contributed by atoms with E-state index in [1.54, 1.807) is 28.4 Å². The summed E-state index contributed by atoms with van der Waals surface area (Å²) in [4.78, 5) is 56.9. The number of aromatic nitrogens is 7. The van der Waals surface area contributed by atoms with Crippen LogP contribution in [0.3, 0.4) is 0 Å². The number of carbonyl (C=O) groups is 1. The van der Waals surface area contributed by atoms with Crippen molar-refractivity contribution >= 4 is 28.5 Å². The van der Waals surface area contributed by atoms with Crippen LogP contribution in [0.1, 0.15) is 49.4 Å². The average molecular weight is 470 g/mol. The van der Waals surface area contributed by atoms with Gasteiger partial charge in [0.2, 0.25) is 0 Å². The summed E-state index contributed by atoms with van der Waals surface area (Å²) < 4.78 is 8.62. The molecular formula is C21H23N7O4S. The zero-order valence-electron chi connectivity index (χ0n) is 18.3. The zero-order valence-corrected chi connectivity index (χ0v) is 19.1. The second kappa shape index (κ2) is 9.86. The van der Waals surface area contributed by atoms with Crippen LogP contribution >= 0.6 is 11.3 Å². The van der Waals surface area contributed by atoms with E-state index in [0.717, 1.165) is 19.3 Å². The molecule has 4 rings (SSSR count). The summed E-state index contributed by atoms with van der Waals surface area (Å²) in [6.07, 6.45) is 5.58. The molecule has 0 saturated carbocycles. The maximum Gasteiger partial charge on any atom is 0.358 e. The van der Waals surface area contributed by atoms with Crippen LogP contribution in [0.5, 0.6) is 0 Å². The zero-order chi connectivity index (χ0) is 23.4. The quantitative estimate of drug-likeness (QED) is 0.369. The standard InChI is InChI=1S/C21H23N7O4S/c1-3-5-10-28-17-15(18(29)26-21(28)31)27(9-4-2)14(25-17)11-32-20(30)13-12-33-19(24-13)16-22-7-6-8-23-16/h6-8,12H,3-5,9-11H2,1-2H3,(H,26,29,31). The number of carbonyl (C=O) groups excluding carboxylic acids is 1. The van der Waals surface area contributed by atoms with Gasteiger partial charge in [-0.3, -0.25) is 14.3 Å². The number of esters is 1. The largest absolute Gasteiger partial charge is 0.453 e. The SMILES string of the molecule is CCCCn1c(=O)[nH]c(=O)c2c1nc(COC(=O)c1csc(-c3ncccn3)n1)n2CCC. The first-order chi connectivity index (χ1) is 16.0. The number of nitrogens with one attached hydrogen (secondary N) is 1. The molecule has 11 nitrogen and oxygen atoms in total. The lowest BCUT2D eigenvalue weighted by Crippen LogP contribution is -2.31. The summed E-state index contributed by atoms with van der Waals surface area (Å²) in [6, 6.07) is 1.70. The minimum atomic E-state index is -0.624. The molecule has 1 N–H and O–H groups in total. The molecule has 0 aliphatic rings. The lowest BCUT2D eigenvalue weighted by molar-refractivity contribution is 0.0452. The van der Waals surface area contributed by atoms with E-state index in [0.29, 0.717) is 40.9 Å². The van der Waals surface area contributed by atoms with Crippen molar-refractivity contribution in [3.05, 3.63) is 56.2 Å². The molecule has 0 atom stereocenters. The summed E-state index contributed by atoms with van der Waals surface area (Å²) in [5.74, 6) is 0.194. The number of hydrogen-bond donors (Lipinski definition) is 1. The van der Waals surface area contributed by atoms with Crippen LogP contribution in [0.2, 0.25) is 0 Å². The highest BCUT2D eigenvalue weighted by atomic mass is 32.1. The molecule has 4 aromatic heterocycles. The molecule has 0 aliphatic heterocycles. The molecule has 0 bridgehead atoms. The van der Waals surface area contributed by atoms with Crippen LogP contribution < -0.4 is 11.2 Å². The Morgan fingerprint density at radius 1 is 1.09 bits per heavy atom. The van der Waals surface area contributed by atoms with Crippen LogP contribution in [0.4, 0.5) is 0 Å². The number of ether oxygens (including phenoxy) is 1. The first-order valence-corrected chi connectivity index (χ1v) is 11.5. The summed E-state index contributed by atoms with van der Waals surface area (Å²) in [5.41, 5.74) is -0.264. The van der Waals surface area contributed by atoms with Crippen LogP contribution in [0.15, 0.2) is 33.4 Å². The Morgan fingerprint density at radius 3 is 2.61 bits per heavy atom. The van der Waals surface area contributed by atoms with E-state index >= 15 is 0 Å². The first-order valence-electron chi connectivity index (χ1n) is 10.7. The topological polar surface area (TPSA) is 138 Å². The normalized spacial score (nSPS) is 11.2. The van der Waals surface area contributed by atoms with E-state index in [2.05, 4.69) is 24.9 Å². The molecule has 0 spiro atoms. The van der Waals surface area contributed by atoms with E-state index < -0.39 is 17.2 Å². The van der Waals surface area contributed by atoms with Gasteiger partial charge in [0.15, 0.2) is 27.7 Å². The highest BCUT2D eigenvalue weighted by Crippen LogP contribution is 2.20. The third kappa shape index (κ3) is 4.60. The van der Waals surface area contributed by atoms with Gasteiger partial charge in [-0.05, 0) is 18.9 Å². The predicted octanol–water partition coefficient (Wildman–Crippen LogP) is 2.37. The number of fused-ring (bicyclic) bond motifs is 1. The molecule has 0 unspecified atom stereocenters. The van der Waals surface area contributed by atoms with Crippen molar-refractivity contribution in [2.45, 2.75) is 52.8 Å². The summed E-state index contributed by atoms with van der Waals surface area (Å²) in [6.45, 7) is 4.75. The molecule has 4 heterocycles. The lowest BCUT2D eigenvalue weighted by Gasteiger charge is -2.08. The van der Waals surface area contributed by atoms with Crippen LogP contribution in [-0.4, -0.2) is 40.0 Å². The van der Waals surface area contributed by atoms with E-state index in [4.69, 9.17) is 4.74 Å². The highest BCUT2D eigenvalue weighted by Gasteiger charge is 2.20. The monoisotopic (exact) mass is 469 g/mol. The third-order valence-corrected chi connectivity index (χ3v) is 5.79. The molecule has 12 heteroatoms. The van der Waals surface area contributed by atoms with Crippen LogP contribution in [0, 0.1) is 0 Å². The molecule has 0 saturated heterocycles. The van der Waals surface area contributed by atoms with Gasteiger partial charge in [-0.25, -0.2) is 29.5 Å². The molecule has 0 amide bonds. The van der Waals surface area contributed by atoms with Gasteiger partial charge in [0, 0.05) is 30.9 Å². The summed E-state index contributed by atoms with van der Waals surface area (Å²) in [7, 11) is 0. The Hall–Kier alpha value is -3.67. The summed E-state index contributed by atoms with van der Waals surface area (Å²) in [5, 5.41) is 2.09. The minimum absolute atomic E-state index is 0.137. The highest BCUT2D eigenvalue weighted by molar-refractivity contribution is 7.13. The maximum absolute atomic E-state index is 12.6. The molecular weight excluding hydrogens is 446 g/mol. The number of rotatable bonds is 9. The Balaban J connectivity index is 1.62. The van der Waals surface area contributed by atoms with Crippen molar-refractivity contribution in [3.8, 4) is 10.8 Å². The Kier molecular flexibility index (Phi) is 6.73. The van der Waals surface area contributed by atoms with Crippen molar-refractivity contribution in [3.63, 3.8) is 0 Å². The third-order valence-electron chi connectivity index (χ3n) is 4.95. The smallest absolute Gasteiger partial charge is 0.358 e. The number of unbranched alkanes of at least 4 members (excludes halogenated alkanes) is 1. The molecule has 33 heavy (non-hydrogen) atoms. The fraction of sp³-hybridized carbons (Fsp3) is 0.381. The molecule has 0 fully saturated rings. The van der Waals surface area contributed by atoms with Gasteiger partial charge in [-0.15, -0.1) is 11.3 Å². The lowest BCUT2D eigenvalue weighted by atomic mass is 10.3. The van der Waals surface area contributed by atoms with Crippen molar-refractivity contribution in [2.24, 2.45) is 0 Å². The van der Waals surface area contributed by atoms with Crippen molar-refractivity contribution in [1.82, 2.24) is 34.1 Å². The van der Waals surface area contributed by atoms with Gasteiger partial charge in [0.25, 0.3) is 5.56 Å². The maximum atomic E-state index is 12.6. The van der Waals surface area contributed by atoms with Gasteiger partial charge in [0.1, 0.15) is 12.4 Å². The molecule has 172 valence electrons. The number of aryl methyl sites for hydroxylation is 2. The van der Waals surface area contributed by atoms with E-state index in [1.807, 2.05) is 13.8 Å². The number of imidazole rings is 1. The fourth-order valence-electron chi connectivity index (χ4n) is 3.40. The van der Waals surface area contributed by atoms with Gasteiger partial charge in [0.05, 0.1) is 0 Å². The van der Waals surface area contributed by atoms with Gasteiger partial charge >= 0.3 is 11.7 Å². The Morgan fingerprint density at radius 2 is 1.88 bits per heavy atom. The molecule has 0 radical (unpaired) electrons. The Bertz CT molecular complexity index is 1390. The summed E-state index contributed by atoms with van der Waals surface area (Å²) >= 11 is 1.24. The molecule has 0 aromatic carbocycles. The first kappa shape index (κ1) is 22.5. The van der Waals surface area contributed by atoms with Crippen molar-refractivity contribution in [1.29, 1.82) is 0 Å². The second-order valence-corrected chi connectivity index (χ2v) is 8.16. The number of aromatic amines is 1. The second-order valence-electron chi connectivity index (χ2n) is 7.30. The van der Waals surface area contributed by atoms with Gasteiger partial charge < -0.3 is 9.30 Å². The van der Waals surface area contributed by atoms with Crippen LogP contribution in [-0.2, 0) is 24.4 Å². The van der Waals surface area contributed by atoms with Crippen LogP contribution in [0.25, 0.3) is 22.0 Å². The fourth-order valence-corrected chi connectivity index (χ4v) is 4.13. The van der Waals surface area contributed by atoms with E-state index in [9.17, 15) is 14.4 Å². The van der Waals surface area contributed by atoms with Crippen molar-refractivity contribution < 1.29 is 9.53 Å². The van der Waals surface area contributed by atoms with Gasteiger partial charge in [-0.1, -0.05) is 20.3 Å². The number of H-pyrrole nitrogens is 1. The number of hydrogen-bond acceptors (Lipinski definition) is 9. The van der Waals surface area contributed by atoms with E-state index in [1.165, 1.54) is 15.9 Å². The Labute approximate surface area is 192 Å². The predicted molar refractivity (Wildman–Crippen MR) is 122 cm³/mol. The number of nitrogens with zero attached hydrogens (tertiary/aromatic N) is 6. The van der Waals surface area contributed by atoms with Crippen molar-refractivity contribution in [2.75, 3.05) is 0 Å². The van der Waals surface area contributed by atoms with E-state index in [-0.39, 0.29) is 12.3 Å². The average Bonchev–Trinajstić information content (AvgIpc) is 3.44.